The molecule has 2 rings (SSSR count). The molecule has 1 aliphatic rings. The van der Waals surface area contributed by atoms with E-state index in [0.29, 0.717) is 6.04 Å². The zero-order chi connectivity index (χ0) is 12.3. The van der Waals surface area contributed by atoms with E-state index in [1.54, 1.807) is 0 Å². The summed E-state index contributed by atoms with van der Waals surface area (Å²) in [7, 11) is 0. The van der Waals surface area contributed by atoms with E-state index in [4.69, 9.17) is 0 Å². The Morgan fingerprint density at radius 2 is 1.88 bits per heavy atom. The van der Waals surface area contributed by atoms with Gasteiger partial charge < -0.3 is 4.90 Å². The number of rotatable bonds is 4. The van der Waals surface area contributed by atoms with Crippen molar-refractivity contribution in [1.29, 1.82) is 0 Å². The molecule has 0 amide bonds. The normalized spacial score (nSPS) is 16.4. The molecular weight excluding hydrogens is 280 g/mol. The Morgan fingerprint density at radius 3 is 2.47 bits per heavy atom. The van der Waals surface area contributed by atoms with Crippen LogP contribution in [0.1, 0.15) is 37.1 Å². The van der Waals surface area contributed by atoms with Crippen molar-refractivity contribution in [3.63, 3.8) is 0 Å². The minimum atomic E-state index is 0.594. The lowest BCUT2D eigenvalue weighted by Crippen LogP contribution is -2.36. The molecule has 1 heterocycles. The maximum Gasteiger partial charge on any atom is 0.245 e. The van der Waals surface area contributed by atoms with E-state index in [1.165, 1.54) is 25.7 Å². The maximum absolute atomic E-state index is 4.57. The van der Waals surface area contributed by atoms with Gasteiger partial charge in [-0.25, -0.2) is 4.98 Å². The molecule has 17 heavy (non-hydrogen) atoms. The fraction of sp³-hybridized carbons (Fsp3) is 0.750. The molecule has 1 aliphatic carbocycles. The first-order valence-electron chi connectivity index (χ1n) is 6.23. The van der Waals surface area contributed by atoms with Crippen LogP contribution in [0.2, 0.25) is 0 Å². The number of alkyl halides is 1. The second kappa shape index (κ2) is 5.76. The Morgan fingerprint density at radius 1 is 1.18 bits per heavy atom. The van der Waals surface area contributed by atoms with Crippen LogP contribution < -0.4 is 4.90 Å². The highest BCUT2D eigenvalue weighted by molar-refractivity contribution is 9.09. The number of anilines is 1. The standard InChI is InChI=1S/C12H19BrN4/c1-9-10(2)15-16-12(14-9)17(8-7-13)11-5-3-4-6-11/h11H,3-8H2,1-2H3. The van der Waals surface area contributed by atoms with Gasteiger partial charge in [0.1, 0.15) is 0 Å². The molecule has 1 saturated carbocycles. The number of aromatic nitrogens is 3. The minimum Gasteiger partial charge on any atom is -0.336 e. The summed E-state index contributed by atoms with van der Waals surface area (Å²) >= 11 is 3.51. The third kappa shape index (κ3) is 2.94. The largest absolute Gasteiger partial charge is 0.336 e. The van der Waals surface area contributed by atoms with Crippen molar-refractivity contribution in [3.05, 3.63) is 11.4 Å². The Hall–Kier alpha value is -0.710. The summed E-state index contributed by atoms with van der Waals surface area (Å²) in [5, 5.41) is 9.37. The van der Waals surface area contributed by atoms with Crippen LogP contribution in [0.5, 0.6) is 0 Å². The first kappa shape index (κ1) is 12.7. The summed E-state index contributed by atoms with van der Waals surface area (Å²) in [5.74, 6) is 0.791. The molecule has 1 aromatic rings. The highest BCUT2D eigenvalue weighted by Gasteiger charge is 2.24. The topological polar surface area (TPSA) is 41.9 Å². The monoisotopic (exact) mass is 298 g/mol. The van der Waals surface area contributed by atoms with E-state index in [9.17, 15) is 0 Å². The van der Waals surface area contributed by atoms with Crippen molar-refractivity contribution < 1.29 is 0 Å². The Bertz CT molecular complexity index is 377. The second-order valence-corrected chi connectivity index (χ2v) is 5.40. The zero-order valence-corrected chi connectivity index (χ0v) is 12.1. The summed E-state index contributed by atoms with van der Waals surface area (Å²) in [4.78, 5) is 6.87. The van der Waals surface area contributed by atoms with Gasteiger partial charge in [-0.15, -0.1) is 5.10 Å². The number of hydrogen-bond donors (Lipinski definition) is 0. The van der Waals surface area contributed by atoms with Crippen molar-refractivity contribution in [3.8, 4) is 0 Å². The van der Waals surface area contributed by atoms with Crippen LogP contribution in [-0.4, -0.2) is 33.1 Å². The first-order valence-corrected chi connectivity index (χ1v) is 7.35. The molecule has 0 atom stereocenters. The van der Waals surface area contributed by atoms with Crippen LogP contribution >= 0.6 is 15.9 Å². The van der Waals surface area contributed by atoms with Crippen molar-refractivity contribution >= 4 is 21.9 Å². The van der Waals surface area contributed by atoms with Gasteiger partial charge in [0.2, 0.25) is 5.95 Å². The number of aryl methyl sites for hydroxylation is 2. The van der Waals surface area contributed by atoms with Crippen molar-refractivity contribution in [2.75, 3.05) is 16.8 Å². The lowest BCUT2D eigenvalue weighted by molar-refractivity contribution is 0.600. The highest BCUT2D eigenvalue weighted by Crippen LogP contribution is 2.26. The summed E-state index contributed by atoms with van der Waals surface area (Å²) in [6, 6.07) is 0.594. The molecule has 0 aliphatic heterocycles. The van der Waals surface area contributed by atoms with Gasteiger partial charge >= 0.3 is 0 Å². The van der Waals surface area contributed by atoms with Gasteiger partial charge in [0.15, 0.2) is 0 Å². The maximum atomic E-state index is 4.57. The van der Waals surface area contributed by atoms with Gasteiger partial charge in [-0.05, 0) is 26.7 Å². The molecule has 0 spiro atoms. The van der Waals surface area contributed by atoms with E-state index < -0.39 is 0 Å². The molecule has 5 heteroatoms. The molecular formula is C12H19BrN4. The predicted octanol–water partition coefficient (Wildman–Crippen LogP) is 2.63. The molecule has 94 valence electrons. The van der Waals surface area contributed by atoms with Crippen molar-refractivity contribution in [2.45, 2.75) is 45.6 Å². The number of halogens is 1. The van der Waals surface area contributed by atoms with E-state index >= 15 is 0 Å². The zero-order valence-electron chi connectivity index (χ0n) is 10.5. The molecule has 0 unspecified atom stereocenters. The first-order chi connectivity index (χ1) is 8.22. The highest BCUT2D eigenvalue weighted by atomic mass is 79.9. The van der Waals surface area contributed by atoms with Crippen LogP contribution in [0.4, 0.5) is 5.95 Å². The van der Waals surface area contributed by atoms with Crippen LogP contribution in [-0.2, 0) is 0 Å². The Labute approximate surface area is 111 Å². The Balaban J connectivity index is 2.21. The number of nitrogens with zero attached hydrogens (tertiary/aromatic N) is 4. The van der Waals surface area contributed by atoms with Crippen LogP contribution in [0.25, 0.3) is 0 Å². The molecule has 0 N–H and O–H groups in total. The second-order valence-electron chi connectivity index (χ2n) is 4.60. The van der Waals surface area contributed by atoms with Gasteiger partial charge in [-0.3, -0.25) is 0 Å². The van der Waals surface area contributed by atoms with Crippen molar-refractivity contribution in [1.82, 2.24) is 15.2 Å². The molecule has 0 saturated heterocycles. The van der Waals surface area contributed by atoms with Gasteiger partial charge in [0.25, 0.3) is 0 Å². The third-order valence-electron chi connectivity index (χ3n) is 3.43. The van der Waals surface area contributed by atoms with Crippen LogP contribution in [0, 0.1) is 13.8 Å². The Kier molecular flexibility index (Phi) is 4.31. The van der Waals surface area contributed by atoms with Crippen LogP contribution in [0.15, 0.2) is 0 Å². The smallest absolute Gasteiger partial charge is 0.245 e. The van der Waals surface area contributed by atoms with E-state index in [2.05, 4.69) is 36.0 Å². The van der Waals surface area contributed by atoms with Gasteiger partial charge in [0.05, 0.1) is 11.4 Å². The molecule has 0 radical (unpaired) electrons. The molecule has 0 bridgehead atoms. The van der Waals surface area contributed by atoms with Gasteiger partial charge in [0, 0.05) is 17.9 Å². The van der Waals surface area contributed by atoms with E-state index in [-0.39, 0.29) is 0 Å². The minimum absolute atomic E-state index is 0.594. The molecule has 1 fully saturated rings. The van der Waals surface area contributed by atoms with Gasteiger partial charge in [-0.2, -0.15) is 5.10 Å². The SMILES string of the molecule is Cc1nnc(N(CCBr)C2CCCC2)nc1C. The molecule has 0 aromatic carbocycles. The summed E-state index contributed by atoms with van der Waals surface area (Å²) in [6.45, 7) is 4.90. The van der Waals surface area contributed by atoms with Gasteiger partial charge in [-0.1, -0.05) is 28.8 Å². The average molecular weight is 299 g/mol. The summed E-state index contributed by atoms with van der Waals surface area (Å²) < 4.78 is 0. The van der Waals surface area contributed by atoms with E-state index in [0.717, 1.165) is 29.2 Å². The lowest BCUT2D eigenvalue weighted by atomic mass is 10.2. The quantitative estimate of drug-likeness (QED) is 0.802. The van der Waals surface area contributed by atoms with Crippen LogP contribution in [0.3, 0.4) is 0 Å². The van der Waals surface area contributed by atoms with Crippen molar-refractivity contribution in [2.24, 2.45) is 0 Å². The molecule has 1 aromatic heterocycles. The third-order valence-corrected chi connectivity index (χ3v) is 3.78. The summed E-state index contributed by atoms with van der Waals surface area (Å²) in [5.41, 5.74) is 1.89. The van der Waals surface area contributed by atoms with E-state index in [1.807, 2.05) is 13.8 Å². The predicted molar refractivity (Wildman–Crippen MR) is 72.7 cm³/mol. The lowest BCUT2D eigenvalue weighted by Gasteiger charge is -2.28. The molecule has 4 nitrogen and oxygen atoms in total. The average Bonchev–Trinajstić information content (AvgIpc) is 2.83. The summed E-state index contributed by atoms with van der Waals surface area (Å²) in [6.07, 6.45) is 5.15. The number of hydrogen-bond acceptors (Lipinski definition) is 4. The fourth-order valence-electron chi connectivity index (χ4n) is 2.32. The fourth-order valence-corrected chi connectivity index (χ4v) is 2.70.